The van der Waals surface area contributed by atoms with E-state index in [0.29, 0.717) is 22.6 Å². The molecule has 8 heteroatoms. The number of aromatic hydroxyl groups is 1. The van der Waals surface area contributed by atoms with Crippen LogP contribution in [-0.4, -0.2) is 44.2 Å². The van der Waals surface area contributed by atoms with Crippen molar-refractivity contribution in [3.8, 4) is 5.75 Å². The molecule has 3 aromatic rings. The fraction of sp³-hybridized carbons (Fsp3) is 0.353. The van der Waals surface area contributed by atoms with E-state index < -0.39 is 0 Å². The Kier molecular flexibility index (Phi) is 3.89. The van der Waals surface area contributed by atoms with E-state index in [0.717, 1.165) is 31.4 Å². The predicted molar refractivity (Wildman–Crippen MR) is 91.8 cm³/mol. The lowest BCUT2D eigenvalue weighted by Gasteiger charge is -2.22. The molecular weight excluding hydrogens is 322 g/mol. The average molecular weight is 341 g/mol. The number of fused-ring (bicyclic) bond motifs is 1. The van der Waals surface area contributed by atoms with Crippen LogP contribution in [0.1, 0.15) is 34.9 Å². The molecule has 25 heavy (non-hydrogen) atoms. The number of H-pyrrole nitrogens is 1. The molecule has 8 nitrogen and oxygen atoms in total. The summed E-state index contributed by atoms with van der Waals surface area (Å²) in [7, 11) is 0. The van der Waals surface area contributed by atoms with Crippen molar-refractivity contribution < 1.29 is 14.6 Å². The number of aryl methyl sites for hydroxylation is 1. The summed E-state index contributed by atoms with van der Waals surface area (Å²) in [6.45, 7) is 3.26. The van der Waals surface area contributed by atoms with Crippen molar-refractivity contribution in [2.24, 2.45) is 0 Å². The zero-order valence-electron chi connectivity index (χ0n) is 13.8. The lowest BCUT2D eigenvalue weighted by atomic mass is 10.1. The maximum absolute atomic E-state index is 12.6. The van der Waals surface area contributed by atoms with Crippen LogP contribution in [-0.2, 0) is 4.74 Å². The number of phenols is 1. The number of hydrogen-bond acceptors (Lipinski definition) is 5. The number of aromatic nitrogens is 4. The molecule has 3 N–H and O–H groups in total. The van der Waals surface area contributed by atoms with Crippen LogP contribution in [0.2, 0.25) is 0 Å². The van der Waals surface area contributed by atoms with Gasteiger partial charge in [0.15, 0.2) is 5.82 Å². The van der Waals surface area contributed by atoms with Gasteiger partial charge in [0.2, 0.25) is 0 Å². The fourth-order valence-corrected chi connectivity index (χ4v) is 3.12. The second-order valence-electron chi connectivity index (χ2n) is 6.21. The van der Waals surface area contributed by atoms with Crippen molar-refractivity contribution in [2.75, 3.05) is 18.5 Å². The molecule has 130 valence electrons. The highest BCUT2D eigenvalue weighted by Gasteiger charge is 2.21. The van der Waals surface area contributed by atoms with Gasteiger partial charge in [-0.1, -0.05) is 0 Å². The molecule has 0 saturated carbocycles. The Bertz CT molecular complexity index is 924. The summed E-state index contributed by atoms with van der Waals surface area (Å²) < 4.78 is 7.24. The summed E-state index contributed by atoms with van der Waals surface area (Å²) in [5.74, 6) is 0.318. The van der Waals surface area contributed by atoms with E-state index >= 15 is 0 Å². The molecule has 1 saturated heterocycles. The number of hydrogen-bond donors (Lipinski definition) is 3. The molecule has 1 amide bonds. The van der Waals surface area contributed by atoms with Crippen molar-refractivity contribution in [3.05, 3.63) is 35.7 Å². The molecule has 1 fully saturated rings. The minimum Gasteiger partial charge on any atom is -0.508 e. The van der Waals surface area contributed by atoms with Crippen molar-refractivity contribution in [3.63, 3.8) is 0 Å². The van der Waals surface area contributed by atoms with Gasteiger partial charge >= 0.3 is 0 Å². The third kappa shape index (κ3) is 2.96. The van der Waals surface area contributed by atoms with Crippen LogP contribution in [0.4, 0.5) is 5.82 Å². The molecule has 0 bridgehead atoms. The topological polar surface area (TPSA) is 105 Å². The number of carbonyl (C=O) groups excluding carboxylic acids is 1. The molecule has 0 atom stereocenters. The summed E-state index contributed by atoms with van der Waals surface area (Å²) in [4.78, 5) is 12.6. The number of carbonyl (C=O) groups is 1. The SMILES string of the molecule is Cc1nn(C2CCOCC2)cc1C(=O)Nc1n[nH]c2cc(O)ccc12. The first-order valence-electron chi connectivity index (χ1n) is 8.24. The zero-order chi connectivity index (χ0) is 17.4. The number of rotatable bonds is 3. The van der Waals surface area contributed by atoms with E-state index in [1.807, 2.05) is 11.6 Å². The van der Waals surface area contributed by atoms with Gasteiger partial charge in [-0.2, -0.15) is 10.2 Å². The van der Waals surface area contributed by atoms with Crippen LogP contribution >= 0.6 is 0 Å². The summed E-state index contributed by atoms with van der Waals surface area (Å²) in [6, 6.07) is 5.10. The molecule has 0 spiro atoms. The van der Waals surface area contributed by atoms with Gasteiger partial charge in [0, 0.05) is 30.9 Å². The molecule has 4 rings (SSSR count). The average Bonchev–Trinajstić information content (AvgIpc) is 3.19. The van der Waals surface area contributed by atoms with E-state index in [9.17, 15) is 9.90 Å². The van der Waals surface area contributed by atoms with Crippen molar-refractivity contribution in [1.82, 2.24) is 20.0 Å². The van der Waals surface area contributed by atoms with Crippen LogP contribution < -0.4 is 5.32 Å². The molecule has 0 aliphatic carbocycles. The number of nitrogens with zero attached hydrogens (tertiary/aromatic N) is 3. The van der Waals surface area contributed by atoms with Crippen LogP contribution in [0.25, 0.3) is 10.9 Å². The highest BCUT2D eigenvalue weighted by Crippen LogP contribution is 2.25. The first-order valence-corrected chi connectivity index (χ1v) is 8.24. The van der Waals surface area contributed by atoms with Gasteiger partial charge in [0.05, 0.1) is 22.8 Å². The Morgan fingerprint density at radius 2 is 2.20 bits per heavy atom. The molecule has 2 aromatic heterocycles. The van der Waals surface area contributed by atoms with Gasteiger partial charge in [-0.3, -0.25) is 14.6 Å². The quantitative estimate of drug-likeness (QED) is 0.678. The minimum absolute atomic E-state index is 0.141. The first-order chi connectivity index (χ1) is 12.1. The van der Waals surface area contributed by atoms with Gasteiger partial charge in [-0.15, -0.1) is 0 Å². The van der Waals surface area contributed by atoms with Crippen LogP contribution in [0.3, 0.4) is 0 Å². The smallest absolute Gasteiger partial charge is 0.260 e. The normalized spacial score (nSPS) is 15.6. The molecule has 0 unspecified atom stereocenters. The lowest BCUT2D eigenvalue weighted by molar-refractivity contribution is 0.0661. The van der Waals surface area contributed by atoms with Gasteiger partial charge in [-0.05, 0) is 31.9 Å². The third-order valence-electron chi connectivity index (χ3n) is 4.50. The number of anilines is 1. The molecule has 0 radical (unpaired) electrons. The monoisotopic (exact) mass is 341 g/mol. The van der Waals surface area contributed by atoms with Crippen LogP contribution in [0.5, 0.6) is 5.75 Å². The van der Waals surface area contributed by atoms with Gasteiger partial charge in [0.1, 0.15) is 5.75 Å². The van der Waals surface area contributed by atoms with Crippen LogP contribution in [0, 0.1) is 6.92 Å². The Labute approximate surface area is 143 Å². The summed E-state index contributed by atoms with van der Waals surface area (Å²) in [5.41, 5.74) is 1.87. The molecule has 1 aliphatic heterocycles. The summed E-state index contributed by atoms with van der Waals surface area (Å²) in [5, 5.41) is 24.5. The summed E-state index contributed by atoms with van der Waals surface area (Å²) in [6.07, 6.45) is 3.59. The number of nitrogens with one attached hydrogen (secondary N) is 2. The highest BCUT2D eigenvalue weighted by atomic mass is 16.5. The van der Waals surface area contributed by atoms with Crippen molar-refractivity contribution in [2.45, 2.75) is 25.8 Å². The number of phenolic OH excluding ortho intramolecular Hbond substituents is 1. The molecular formula is C17H19N5O3. The number of amides is 1. The van der Waals surface area contributed by atoms with E-state index in [4.69, 9.17) is 4.74 Å². The van der Waals surface area contributed by atoms with E-state index in [-0.39, 0.29) is 17.7 Å². The molecule has 1 aliphatic rings. The van der Waals surface area contributed by atoms with E-state index in [1.54, 1.807) is 24.4 Å². The number of benzene rings is 1. The van der Waals surface area contributed by atoms with Gasteiger partial charge in [0.25, 0.3) is 5.91 Å². The molecule has 1 aromatic carbocycles. The second kappa shape index (κ2) is 6.21. The van der Waals surface area contributed by atoms with Crippen molar-refractivity contribution in [1.29, 1.82) is 0 Å². The number of ether oxygens (including phenoxy) is 1. The second-order valence-corrected chi connectivity index (χ2v) is 6.21. The maximum Gasteiger partial charge on any atom is 0.260 e. The third-order valence-corrected chi connectivity index (χ3v) is 4.50. The van der Waals surface area contributed by atoms with E-state index in [2.05, 4.69) is 20.6 Å². The van der Waals surface area contributed by atoms with Gasteiger partial charge in [-0.25, -0.2) is 0 Å². The Morgan fingerprint density at radius 3 is 3.00 bits per heavy atom. The Balaban J connectivity index is 1.57. The highest BCUT2D eigenvalue weighted by molar-refractivity contribution is 6.08. The van der Waals surface area contributed by atoms with Gasteiger partial charge < -0.3 is 15.2 Å². The van der Waals surface area contributed by atoms with Crippen molar-refractivity contribution >= 4 is 22.6 Å². The predicted octanol–water partition coefficient (Wildman–Crippen LogP) is 2.38. The zero-order valence-corrected chi connectivity index (χ0v) is 13.8. The van der Waals surface area contributed by atoms with E-state index in [1.165, 1.54) is 0 Å². The first kappa shape index (κ1) is 15.6. The molecule has 3 heterocycles. The largest absolute Gasteiger partial charge is 0.508 e. The minimum atomic E-state index is -0.253. The fourth-order valence-electron chi connectivity index (χ4n) is 3.12. The Hall–Kier alpha value is -2.87. The lowest BCUT2D eigenvalue weighted by Crippen LogP contribution is -2.20. The van der Waals surface area contributed by atoms with Crippen LogP contribution in [0.15, 0.2) is 24.4 Å². The number of aromatic amines is 1. The maximum atomic E-state index is 12.6. The standard InChI is InChI=1S/C17H19N5O3/c1-10-14(9-22(21-10)11-4-6-25-7-5-11)17(24)18-16-13-3-2-12(23)8-15(13)19-20-16/h2-3,8-9,11,23H,4-7H2,1H3,(H2,18,19,20,24). The Morgan fingerprint density at radius 1 is 1.40 bits per heavy atom. The summed E-state index contributed by atoms with van der Waals surface area (Å²) >= 11 is 0.